The van der Waals surface area contributed by atoms with Crippen molar-refractivity contribution in [2.24, 2.45) is 17.8 Å². The van der Waals surface area contributed by atoms with Crippen LogP contribution >= 0.6 is 0 Å². The average molecular weight is 142 g/mol. The predicted octanol–water partition coefficient (Wildman–Crippen LogP) is 2.05. The van der Waals surface area contributed by atoms with Gasteiger partial charge in [0.05, 0.1) is 6.10 Å². The van der Waals surface area contributed by atoms with E-state index in [2.05, 4.69) is 20.8 Å². The van der Waals surface area contributed by atoms with E-state index < -0.39 is 0 Å². The lowest BCUT2D eigenvalue weighted by atomic mass is 9.63. The van der Waals surface area contributed by atoms with Crippen molar-refractivity contribution < 1.29 is 5.11 Å². The highest BCUT2D eigenvalue weighted by atomic mass is 16.3. The highest BCUT2D eigenvalue weighted by Crippen LogP contribution is 2.42. The van der Waals surface area contributed by atoms with Gasteiger partial charge in [0.25, 0.3) is 0 Å². The van der Waals surface area contributed by atoms with E-state index in [4.69, 9.17) is 0 Å². The monoisotopic (exact) mass is 142 g/mol. The van der Waals surface area contributed by atoms with E-state index in [0.29, 0.717) is 5.92 Å². The van der Waals surface area contributed by atoms with Crippen LogP contribution in [-0.2, 0) is 0 Å². The average Bonchev–Trinajstić information content (AvgIpc) is 1.87. The van der Waals surface area contributed by atoms with E-state index in [0.717, 1.165) is 18.3 Å². The lowest BCUT2D eigenvalue weighted by Crippen LogP contribution is -2.41. The van der Waals surface area contributed by atoms with Crippen molar-refractivity contribution in [2.45, 2.75) is 39.7 Å². The number of rotatable bonds is 2. The van der Waals surface area contributed by atoms with Crippen LogP contribution in [0, 0.1) is 17.8 Å². The second kappa shape index (κ2) is 2.91. The van der Waals surface area contributed by atoms with E-state index in [1.54, 1.807) is 0 Å². The van der Waals surface area contributed by atoms with Gasteiger partial charge in [0.1, 0.15) is 0 Å². The molecular weight excluding hydrogens is 124 g/mol. The van der Waals surface area contributed by atoms with E-state index in [1.807, 2.05) is 0 Å². The molecule has 1 rings (SSSR count). The molecule has 1 nitrogen and oxygen atoms in total. The first-order chi connectivity index (χ1) is 4.66. The largest absolute Gasteiger partial charge is 0.393 e. The molecule has 1 fully saturated rings. The Morgan fingerprint density at radius 2 is 1.90 bits per heavy atom. The summed E-state index contributed by atoms with van der Waals surface area (Å²) in [5, 5.41) is 9.52. The van der Waals surface area contributed by atoms with Crippen LogP contribution in [-0.4, -0.2) is 11.2 Å². The topological polar surface area (TPSA) is 20.2 Å². The maximum Gasteiger partial charge on any atom is 0.0570 e. The molecule has 0 aliphatic heterocycles. The summed E-state index contributed by atoms with van der Waals surface area (Å²) in [6, 6.07) is 0. The zero-order valence-electron chi connectivity index (χ0n) is 7.17. The third kappa shape index (κ3) is 1.20. The SMILES string of the molecule is CCC(O)C1C(C)CC1C. The molecule has 1 N–H and O–H groups in total. The molecule has 0 radical (unpaired) electrons. The summed E-state index contributed by atoms with van der Waals surface area (Å²) < 4.78 is 0. The Labute approximate surface area is 63.4 Å². The van der Waals surface area contributed by atoms with Gasteiger partial charge in [0.2, 0.25) is 0 Å². The number of aliphatic hydroxyl groups excluding tert-OH is 1. The molecule has 0 aromatic carbocycles. The van der Waals surface area contributed by atoms with Gasteiger partial charge in [-0.1, -0.05) is 20.8 Å². The molecule has 60 valence electrons. The van der Waals surface area contributed by atoms with Crippen molar-refractivity contribution >= 4 is 0 Å². The van der Waals surface area contributed by atoms with Gasteiger partial charge in [-0.25, -0.2) is 0 Å². The predicted molar refractivity (Wildman–Crippen MR) is 42.7 cm³/mol. The van der Waals surface area contributed by atoms with Crippen molar-refractivity contribution in [1.82, 2.24) is 0 Å². The Morgan fingerprint density at radius 1 is 1.40 bits per heavy atom. The lowest BCUT2D eigenvalue weighted by molar-refractivity contribution is -0.0270. The van der Waals surface area contributed by atoms with E-state index >= 15 is 0 Å². The molecule has 3 atom stereocenters. The van der Waals surface area contributed by atoms with E-state index in [-0.39, 0.29) is 6.10 Å². The molecule has 1 aliphatic carbocycles. The molecular formula is C9H18O. The van der Waals surface area contributed by atoms with Crippen molar-refractivity contribution in [2.75, 3.05) is 0 Å². The van der Waals surface area contributed by atoms with Crippen LogP contribution in [0.3, 0.4) is 0 Å². The summed E-state index contributed by atoms with van der Waals surface area (Å²) in [6.07, 6.45) is 2.18. The molecule has 0 bridgehead atoms. The van der Waals surface area contributed by atoms with Crippen LogP contribution in [0.4, 0.5) is 0 Å². The van der Waals surface area contributed by atoms with Crippen LogP contribution in [0.5, 0.6) is 0 Å². The fraction of sp³-hybridized carbons (Fsp3) is 1.00. The molecule has 3 unspecified atom stereocenters. The molecule has 0 saturated heterocycles. The summed E-state index contributed by atoms with van der Waals surface area (Å²) in [5.41, 5.74) is 0. The summed E-state index contributed by atoms with van der Waals surface area (Å²) in [4.78, 5) is 0. The summed E-state index contributed by atoms with van der Waals surface area (Å²) >= 11 is 0. The smallest absolute Gasteiger partial charge is 0.0570 e. The second-order valence-electron chi connectivity index (χ2n) is 3.74. The van der Waals surface area contributed by atoms with Gasteiger partial charge in [0, 0.05) is 0 Å². The zero-order valence-corrected chi connectivity index (χ0v) is 7.17. The van der Waals surface area contributed by atoms with Crippen molar-refractivity contribution in [3.8, 4) is 0 Å². The quantitative estimate of drug-likeness (QED) is 0.625. The summed E-state index contributed by atoms with van der Waals surface area (Å²) in [6.45, 7) is 6.54. The summed E-state index contributed by atoms with van der Waals surface area (Å²) in [7, 11) is 0. The number of aliphatic hydroxyl groups is 1. The minimum Gasteiger partial charge on any atom is -0.393 e. The van der Waals surface area contributed by atoms with Gasteiger partial charge < -0.3 is 5.11 Å². The van der Waals surface area contributed by atoms with Crippen LogP contribution in [0.25, 0.3) is 0 Å². The van der Waals surface area contributed by atoms with Crippen LogP contribution in [0.15, 0.2) is 0 Å². The Balaban J connectivity index is 2.38. The molecule has 10 heavy (non-hydrogen) atoms. The Bertz CT molecular complexity index is 103. The molecule has 1 heteroatoms. The molecule has 0 aromatic heterocycles. The van der Waals surface area contributed by atoms with Gasteiger partial charge in [-0.2, -0.15) is 0 Å². The zero-order chi connectivity index (χ0) is 7.72. The number of hydrogen-bond donors (Lipinski definition) is 1. The van der Waals surface area contributed by atoms with Gasteiger partial charge in [0.15, 0.2) is 0 Å². The van der Waals surface area contributed by atoms with E-state index in [9.17, 15) is 5.11 Å². The van der Waals surface area contributed by atoms with Crippen molar-refractivity contribution in [1.29, 1.82) is 0 Å². The van der Waals surface area contributed by atoms with Gasteiger partial charge >= 0.3 is 0 Å². The Hall–Kier alpha value is -0.0400. The van der Waals surface area contributed by atoms with Gasteiger partial charge in [-0.15, -0.1) is 0 Å². The molecule has 0 heterocycles. The third-order valence-corrected chi connectivity index (χ3v) is 2.92. The van der Waals surface area contributed by atoms with Crippen molar-refractivity contribution in [3.63, 3.8) is 0 Å². The normalized spacial score (nSPS) is 42.6. The third-order valence-electron chi connectivity index (χ3n) is 2.92. The minimum atomic E-state index is -0.0428. The first-order valence-corrected chi connectivity index (χ1v) is 4.34. The highest BCUT2D eigenvalue weighted by molar-refractivity contribution is 4.87. The molecule has 0 aromatic rings. The fourth-order valence-electron chi connectivity index (χ4n) is 2.30. The maximum absolute atomic E-state index is 9.52. The standard InChI is InChI=1S/C9H18O/c1-4-8(10)9-6(2)5-7(9)3/h6-10H,4-5H2,1-3H3. The lowest BCUT2D eigenvalue weighted by Gasteiger charge is -2.43. The Morgan fingerprint density at radius 3 is 2.10 bits per heavy atom. The fourth-order valence-corrected chi connectivity index (χ4v) is 2.30. The number of hydrogen-bond acceptors (Lipinski definition) is 1. The molecule has 1 saturated carbocycles. The van der Waals surface area contributed by atoms with E-state index in [1.165, 1.54) is 6.42 Å². The second-order valence-corrected chi connectivity index (χ2v) is 3.74. The molecule has 0 spiro atoms. The van der Waals surface area contributed by atoms with Crippen LogP contribution in [0.2, 0.25) is 0 Å². The van der Waals surface area contributed by atoms with Gasteiger partial charge in [-0.05, 0) is 30.6 Å². The highest BCUT2D eigenvalue weighted by Gasteiger charge is 2.38. The first-order valence-electron chi connectivity index (χ1n) is 4.34. The summed E-state index contributed by atoms with van der Waals surface area (Å²) in [5.74, 6) is 2.10. The minimum absolute atomic E-state index is 0.0428. The van der Waals surface area contributed by atoms with Gasteiger partial charge in [-0.3, -0.25) is 0 Å². The van der Waals surface area contributed by atoms with Crippen LogP contribution < -0.4 is 0 Å². The molecule has 0 amide bonds. The Kier molecular flexibility index (Phi) is 2.35. The molecule has 1 aliphatic rings. The van der Waals surface area contributed by atoms with Crippen LogP contribution in [0.1, 0.15) is 33.6 Å². The first kappa shape index (κ1) is 8.06. The maximum atomic E-state index is 9.52. The van der Waals surface area contributed by atoms with Crippen molar-refractivity contribution in [3.05, 3.63) is 0 Å².